The minimum Gasteiger partial charge on any atom is -0.330 e. The molecule has 0 aromatic heterocycles. The van der Waals surface area contributed by atoms with E-state index in [1.807, 2.05) is 0 Å². The van der Waals surface area contributed by atoms with Crippen LogP contribution in [0.5, 0.6) is 0 Å². The molecule has 3 N–H and O–H groups in total. The van der Waals surface area contributed by atoms with Crippen molar-refractivity contribution in [1.82, 2.24) is 0 Å². The molecular formula is C13H18N2O. The van der Waals surface area contributed by atoms with E-state index >= 15 is 0 Å². The van der Waals surface area contributed by atoms with Crippen LogP contribution in [0.15, 0.2) is 12.1 Å². The third kappa shape index (κ3) is 1.83. The molecule has 1 heterocycles. The maximum atomic E-state index is 11.8. The largest absolute Gasteiger partial charge is 0.330 e. The first-order valence-electron chi connectivity index (χ1n) is 5.73. The Morgan fingerprint density at radius 1 is 1.44 bits per heavy atom. The minimum atomic E-state index is 0.0413. The van der Waals surface area contributed by atoms with Crippen LogP contribution in [0.3, 0.4) is 0 Å². The van der Waals surface area contributed by atoms with Gasteiger partial charge in [-0.1, -0.05) is 12.1 Å². The number of nitrogens with two attached hydrogens (primary N) is 1. The van der Waals surface area contributed by atoms with Crippen LogP contribution in [-0.2, 0) is 11.2 Å². The molecule has 86 valence electrons. The van der Waals surface area contributed by atoms with Gasteiger partial charge in [0.15, 0.2) is 0 Å². The van der Waals surface area contributed by atoms with Crippen LogP contribution < -0.4 is 11.1 Å². The minimum absolute atomic E-state index is 0.0413. The highest BCUT2D eigenvalue weighted by Gasteiger charge is 2.26. The molecule has 3 nitrogen and oxygen atoms in total. The zero-order chi connectivity index (χ0) is 11.7. The summed E-state index contributed by atoms with van der Waals surface area (Å²) in [6.07, 6.45) is 1.58. The zero-order valence-corrected chi connectivity index (χ0v) is 9.84. The lowest BCUT2D eigenvalue weighted by molar-refractivity contribution is -0.120. The summed E-state index contributed by atoms with van der Waals surface area (Å²) in [5.74, 6) is 0.159. The van der Waals surface area contributed by atoms with Gasteiger partial charge in [-0.3, -0.25) is 4.79 Å². The number of anilines is 1. The molecule has 0 radical (unpaired) electrons. The van der Waals surface area contributed by atoms with Gasteiger partial charge in [0.05, 0.1) is 0 Å². The van der Waals surface area contributed by atoms with Crippen molar-refractivity contribution >= 4 is 11.6 Å². The van der Waals surface area contributed by atoms with Gasteiger partial charge in [-0.15, -0.1) is 0 Å². The van der Waals surface area contributed by atoms with Crippen LogP contribution >= 0.6 is 0 Å². The second-order valence-corrected chi connectivity index (χ2v) is 4.51. The van der Waals surface area contributed by atoms with Crippen molar-refractivity contribution in [3.63, 3.8) is 0 Å². The van der Waals surface area contributed by atoms with E-state index in [-0.39, 0.29) is 11.8 Å². The summed E-state index contributed by atoms with van der Waals surface area (Å²) >= 11 is 0. The topological polar surface area (TPSA) is 55.1 Å². The highest BCUT2D eigenvalue weighted by atomic mass is 16.1. The highest BCUT2D eigenvalue weighted by Crippen LogP contribution is 2.31. The number of benzene rings is 1. The molecule has 1 amide bonds. The number of hydrogen-bond acceptors (Lipinski definition) is 2. The van der Waals surface area contributed by atoms with Crippen LogP contribution in [-0.4, -0.2) is 12.5 Å². The lowest BCUT2D eigenvalue weighted by atomic mass is 9.88. The molecule has 0 saturated heterocycles. The monoisotopic (exact) mass is 218 g/mol. The Bertz CT molecular complexity index is 426. The predicted molar refractivity (Wildman–Crippen MR) is 65.4 cm³/mol. The maximum Gasteiger partial charge on any atom is 0.227 e. The molecule has 1 atom stereocenters. The predicted octanol–water partition coefficient (Wildman–Crippen LogP) is 1.76. The Morgan fingerprint density at radius 3 is 2.88 bits per heavy atom. The molecule has 0 spiro atoms. The number of nitrogens with one attached hydrogen (secondary N) is 1. The van der Waals surface area contributed by atoms with Gasteiger partial charge in [-0.2, -0.15) is 0 Å². The Hall–Kier alpha value is -1.35. The number of hydrogen-bond donors (Lipinski definition) is 2. The summed E-state index contributed by atoms with van der Waals surface area (Å²) in [5.41, 5.74) is 10.2. The molecule has 1 aliphatic heterocycles. The van der Waals surface area contributed by atoms with Gasteiger partial charge in [0.25, 0.3) is 0 Å². The van der Waals surface area contributed by atoms with Crippen molar-refractivity contribution in [2.24, 2.45) is 11.7 Å². The maximum absolute atomic E-state index is 11.8. The first-order valence-corrected chi connectivity index (χ1v) is 5.73. The van der Waals surface area contributed by atoms with Crippen molar-refractivity contribution in [2.75, 3.05) is 11.9 Å². The standard InChI is InChI=1S/C13H18N2O/c1-8-3-4-10-7-11(5-6-14)13(16)15-12(10)9(8)2/h3-4,11H,5-7,14H2,1-2H3,(H,15,16). The van der Waals surface area contributed by atoms with E-state index in [1.54, 1.807) is 0 Å². The Kier molecular flexibility index (Phi) is 2.97. The van der Waals surface area contributed by atoms with Crippen molar-refractivity contribution in [2.45, 2.75) is 26.7 Å². The SMILES string of the molecule is Cc1ccc2c(c1C)NC(=O)C(CCN)C2. The first kappa shape index (κ1) is 11.1. The molecule has 0 fully saturated rings. The summed E-state index contributed by atoms with van der Waals surface area (Å²) in [7, 11) is 0. The van der Waals surface area contributed by atoms with E-state index in [2.05, 4.69) is 31.3 Å². The smallest absolute Gasteiger partial charge is 0.227 e. The second-order valence-electron chi connectivity index (χ2n) is 4.51. The molecule has 1 aromatic carbocycles. The normalized spacial score (nSPS) is 19.2. The number of fused-ring (bicyclic) bond motifs is 1. The first-order chi connectivity index (χ1) is 7.63. The van der Waals surface area contributed by atoms with Crippen molar-refractivity contribution < 1.29 is 4.79 Å². The van der Waals surface area contributed by atoms with Gasteiger partial charge in [0.1, 0.15) is 0 Å². The van der Waals surface area contributed by atoms with Gasteiger partial charge in [-0.25, -0.2) is 0 Å². The van der Waals surface area contributed by atoms with Gasteiger partial charge in [0, 0.05) is 11.6 Å². The van der Waals surface area contributed by atoms with E-state index in [4.69, 9.17) is 5.73 Å². The number of aryl methyl sites for hydroxylation is 1. The fraction of sp³-hybridized carbons (Fsp3) is 0.462. The average molecular weight is 218 g/mol. The van der Waals surface area contributed by atoms with Crippen molar-refractivity contribution in [1.29, 1.82) is 0 Å². The average Bonchev–Trinajstić information content (AvgIpc) is 2.26. The van der Waals surface area contributed by atoms with E-state index in [9.17, 15) is 4.79 Å². The van der Waals surface area contributed by atoms with Crippen LogP contribution in [0.25, 0.3) is 0 Å². The number of carbonyl (C=O) groups is 1. The summed E-state index contributed by atoms with van der Waals surface area (Å²) in [4.78, 5) is 11.8. The van der Waals surface area contributed by atoms with Gasteiger partial charge >= 0.3 is 0 Å². The molecule has 1 unspecified atom stereocenters. The molecule has 1 aromatic rings. The Balaban J connectivity index is 2.35. The van der Waals surface area contributed by atoms with E-state index in [0.717, 1.165) is 18.5 Å². The molecule has 16 heavy (non-hydrogen) atoms. The molecule has 2 rings (SSSR count). The quantitative estimate of drug-likeness (QED) is 0.794. The third-order valence-electron chi connectivity index (χ3n) is 3.42. The van der Waals surface area contributed by atoms with Gasteiger partial charge in [-0.05, 0) is 49.9 Å². The van der Waals surface area contributed by atoms with Crippen molar-refractivity contribution in [3.8, 4) is 0 Å². The molecule has 3 heteroatoms. The summed E-state index contributed by atoms with van der Waals surface area (Å²) in [6.45, 7) is 4.68. The molecular weight excluding hydrogens is 200 g/mol. The van der Waals surface area contributed by atoms with Gasteiger partial charge < -0.3 is 11.1 Å². The molecule has 0 saturated carbocycles. The fourth-order valence-corrected chi connectivity index (χ4v) is 2.23. The summed E-state index contributed by atoms with van der Waals surface area (Å²) < 4.78 is 0. The number of rotatable bonds is 2. The number of amides is 1. The summed E-state index contributed by atoms with van der Waals surface area (Å²) in [6, 6.07) is 4.23. The van der Waals surface area contributed by atoms with Gasteiger partial charge in [0.2, 0.25) is 5.91 Å². The fourth-order valence-electron chi connectivity index (χ4n) is 2.23. The molecule has 1 aliphatic rings. The number of carbonyl (C=O) groups excluding carboxylic acids is 1. The van der Waals surface area contributed by atoms with Crippen LogP contribution in [0.4, 0.5) is 5.69 Å². The third-order valence-corrected chi connectivity index (χ3v) is 3.42. The second kappa shape index (κ2) is 4.26. The van der Waals surface area contributed by atoms with Crippen LogP contribution in [0.2, 0.25) is 0 Å². The molecule has 0 aliphatic carbocycles. The molecule has 0 bridgehead atoms. The van der Waals surface area contributed by atoms with Crippen molar-refractivity contribution in [3.05, 3.63) is 28.8 Å². The zero-order valence-electron chi connectivity index (χ0n) is 9.84. The lowest BCUT2D eigenvalue weighted by Gasteiger charge is -2.26. The lowest BCUT2D eigenvalue weighted by Crippen LogP contribution is -2.32. The van der Waals surface area contributed by atoms with E-state index in [1.165, 1.54) is 16.7 Å². The van der Waals surface area contributed by atoms with E-state index in [0.29, 0.717) is 6.54 Å². The van der Waals surface area contributed by atoms with Crippen LogP contribution in [0, 0.1) is 19.8 Å². The Morgan fingerprint density at radius 2 is 2.19 bits per heavy atom. The summed E-state index contributed by atoms with van der Waals surface area (Å²) in [5, 5.41) is 3.01. The highest BCUT2D eigenvalue weighted by molar-refractivity contribution is 5.96. The van der Waals surface area contributed by atoms with Crippen LogP contribution in [0.1, 0.15) is 23.1 Å². The Labute approximate surface area is 96.0 Å². The van der Waals surface area contributed by atoms with E-state index < -0.39 is 0 Å².